The molecular formula is C28H52N2O16. The number of nitrogens with one attached hydrogen (secondary N) is 2. The van der Waals surface area contributed by atoms with Crippen molar-refractivity contribution in [2.45, 2.75) is 82.1 Å². The Morgan fingerprint density at radius 3 is 1.30 bits per heavy atom. The summed E-state index contributed by atoms with van der Waals surface area (Å²) in [5.41, 5.74) is 0. The van der Waals surface area contributed by atoms with E-state index in [1.807, 2.05) is 6.92 Å². The number of amides is 2. The molecule has 18 nitrogen and oxygen atoms in total. The number of carbonyl (C=O) groups excluding carboxylic acids is 2. The molecule has 0 aromatic rings. The van der Waals surface area contributed by atoms with E-state index in [0.717, 1.165) is 0 Å². The average molecular weight is 673 g/mol. The van der Waals surface area contributed by atoms with E-state index in [-0.39, 0.29) is 32.3 Å². The molecule has 0 radical (unpaired) electrons. The predicted molar refractivity (Wildman–Crippen MR) is 155 cm³/mol. The quantitative estimate of drug-likeness (QED) is 0.0506. The van der Waals surface area contributed by atoms with Gasteiger partial charge in [0.1, 0.15) is 48.7 Å². The fourth-order valence-electron chi connectivity index (χ4n) is 4.73. The van der Waals surface area contributed by atoms with Crippen LogP contribution in [-0.4, -0.2) is 183 Å². The van der Waals surface area contributed by atoms with Crippen molar-refractivity contribution in [3.05, 3.63) is 0 Å². The number of rotatable bonds is 22. The highest BCUT2D eigenvalue weighted by Gasteiger charge is 2.46. The van der Waals surface area contributed by atoms with Gasteiger partial charge in [-0.2, -0.15) is 0 Å². The maximum absolute atomic E-state index is 11.5. The lowest BCUT2D eigenvalue weighted by Crippen LogP contribution is -2.64. The first-order valence-electron chi connectivity index (χ1n) is 15.3. The molecule has 6 unspecified atom stereocenters. The van der Waals surface area contributed by atoms with Crippen LogP contribution in [0.3, 0.4) is 0 Å². The summed E-state index contributed by atoms with van der Waals surface area (Å²) in [6.07, 6.45) is -9.79. The molecule has 0 aliphatic carbocycles. The van der Waals surface area contributed by atoms with Crippen molar-refractivity contribution in [2.75, 3.05) is 79.3 Å². The van der Waals surface area contributed by atoms with Crippen LogP contribution in [0.5, 0.6) is 0 Å². The van der Waals surface area contributed by atoms with Gasteiger partial charge in [0.05, 0.1) is 79.3 Å². The minimum atomic E-state index is -1.38. The van der Waals surface area contributed by atoms with Gasteiger partial charge in [-0.25, -0.2) is 0 Å². The zero-order valence-corrected chi connectivity index (χ0v) is 26.6. The van der Waals surface area contributed by atoms with Crippen molar-refractivity contribution in [3.63, 3.8) is 0 Å². The van der Waals surface area contributed by atoms with Crippen molar-refractivity contribution in [1.82, 2.24) is 10.6 Å². The first kappa shape index (κ1) is 40.6. The molecule has 0 bridgehead atoms. The molecule has 2 saturated heterocycles. The third-order valence-electron chi connectivity index (χ3n) is 7.07. The van der Waals surface area contributed by atoms with Crippen LogP contribution >= 0.6 is 0 Å². The summed E-state index contributed by atoms with van der Waals surface area (Å²) in [5.74, 6) is -0.765. The Hall–Kier alpha value is -1.62. The summed E-state index contributed by atoms with van der Waals surface area (Å²) in [4.78, 5) is 22.9. The fraction of sp³-hybridized carbons (Fsp3) is 0.929. The third kappa shape index (κ3) is 13.9. The van der Waals surface area contributed by atoms with Gasteiger partial charge in [0, 0.05) is 19.8 Å². The van der Waals surface area contributed by atoms with Crippen LogP contribution in [0.25, 0.3) is 0 Å². The Morgan fingerprint density at radius 2 is 0.957 bits per heavy atom. The van der Waals surface area contributed by atoms with E-state index in [9.17, 15) is 40.2 Å². The van der Waals surface area contributed by atoms with Crippen LogP contribution < -0.4 is 10.6 Å². The summed E-state index contributed by atoms with van der Waals surface area (Å²) < 4.78 is 44.3. The van der Waals surface area contributed by atoms with Crippen LogP contribution in [0.4, 0.5) is 0 Å². The Labute approximate surface area is 268 Å². The molecule has 0 saturated carbocycles. The molecule has 0 aromatic heterocycles. The second kappa shape index (κ2) is 22.1. The number of hydrogen-bond acceptors (Lipinski definition) is 16. The first-order chi connectivity index (χ1) is 22.0. The molecule has 10 atom stereocenters. The van der Waals surface area contributed by atoms with Gasteiger partial charge in [-0.3, -0.25) is 9.59 Å². The van der Waals surface area contributed by atoms with Crippen molar-refractivity contribution in [2.24, 2.45) is 5.92 Å². The highest BCUT2D eigenvalue weighted by Crippen LogP contribution is 2.23. The van der Waals surface area contributed by atoms with Gasteiger partial charge in [-0.1, -0.05) is 6.92 Å². The molecule has 0 spiro atoms. The number of hydrogen-bond donors (Lipinski definition) is 8. The molecule has 270 valence electrons. The molecule has 0 aromatic carbocycles. The van der Waals surface area contributed by atoms with Crippen LogP contribution in [-0.2, 0) is 47.5 Å². The highest BCUT2D eigenvalue weighted by molar-refractivity contribution is 5.73. The Bertz CT molecular complexity index is 792. The molecule has 2 heterocycles. The van der Waals surface area contributed by atoms with Crippen LogP contribution in [0.15, 0.2) is 0 Å². The molecule has 2 amide bonds. The second-order valence-corrected chi connectivity index (χ2v) is 11.1. The third-order valence-corrected chi connectivity index (χ3v) is 7.07. The van der Waals surface area contributed by atoms with Crippen molar-refractivity contribution in [1.29, 1.82) is 0 Å². The van der Waals surface area contributed by atoms with Crippen LogP contribution in [0, 0.1) is 5.92 Å². The van der Waals surface area contributed by atoms with E-state index >= 15 is 0 Å². The van der Waals surface area contributed by atoms with E-state index < -0.39 is 86.3 Å². The Morgan fingerprint density at radius 1 is 0.609 bits per heavy atom. The number of aliphatic hydroxyl groups excluding tert-OH is 6. The average Bonchev–Trinajstić information content (AvgIpc) is 3.01. The van der Waals surface area contributed by atoms with Crippen molar-refractivity contribution < 1.29 is 78.1 Å². The zero-order valence-electron chi connectivity index (χ0n) is 26.6. The maximum atomic E-state index is 11.5. The van der Waals surface area contributed by atoms with Gasteiger partial charge in [0.25, 0.3) is 0 Å². The SMILES string of the molecule is CC(=O)NC1C(O)[C@@H](O)C(CO)O[C@H]1OCCOCCOCC(C)COCCOCCO[C@@H]1OC(CO)[C@H](O)C(O)C1NC(C)=O. The number of aliphatic hydroxyl groups is 6. The minimum absolute atomic E-state index is 0.0730. The summed E-state index contributed by atoms with van der Waals surface area (Å²) in [6, 6.07) is -2.02. The summed E-state index contributed by atoms with van der Waals surface area (Å²) in [6.45, 7) is 6.08. The van der Waals surface area contributed by atoms with Gasteiger partial charge in [-0.05, 0) is 0 Å². The second-order valence-electron chi connectivity index (χ2n) is 11.1. The topological polar surface area (TPSA) is 253 Å². The summed E-state index contributed by atoms with van der Waals surface area (Å²) in [5, 5.41) is 64.3. The smallest absolute Gasteiger partial charge is 0.217 e. The van der Waals surface area contributed by atoms with E-state index in [1.54, 1.807) is 0 Å². The Balaban J connectivity index is 1.48. The lowest BCUT2D eigenvalue weighted by Gasteiger charge is -2.42. The predicted octanol–water partition coefficient (Wildman–Crippen LogP) is -4.39. The Kier molecular flexibility index (Phi) is 19.5. The van der Waals surface area contributed by atoms with Crippen LogP contribution in [0.2, 0.25) is 0 Å². The number of ether oxygens (including phenoxy) is 8. The lowest BCUT2D eigenvalue weighted by molar-refractivity contribution is -0.272. The molecule has 2 aliphatic rings. The monoisotopic (exact) mass is 672 g/mol. The van der Waals surface area contributed by atoms with E-state index in [0.29, 0.717) is 39.6 Å². The van der Waals surface area contributed by atoms with Crippen LogP contribution in [0.1, 0.15) is 20.8 Å². The normalized spacial score (nSPS) is 32.2. The van der Waals surface area contributed by atoms with Gasteiger partial charge in [-0.15, -0.1) is 0 Å². The molecule has 46 heavy (non-hydrogen) atoms. The van der Waals surface area contributed by atoms with Gasteiger partial charge < -0.3 is 79.2 Å². The first-order valence-corrected chi connectivity index (χ1v) is 15.3. The fourth-order valence-corrected chi connectivity index (χ4v) is 4.73. The van der Waals surface area contributed by atoms with E-state index in [2.05, 4.69) is 10.6 Å². The number of carbonyl (C=O) groups is 2. The van der Waals surface area contributed by atoms with Gasteiger partial charge >= 0.3 is 0 Å². The highest BCUT2D eigenvalue weighted by atomic mass is 16.7. The molecule has 8 N–H and O–H groups in total. The molecule has 2 rings (SSSR count). The van der Waals surface area contributed by atoms with E-state index in [1.165, 1.54) is 13.8 Å². The zero-order chi connectivity index (χ0) is 34.1. The lowest BCUT2D eigenvalue weighted by atomic mass is 9.97. The molecule has 18 heteroatoms. The minimum Gasteiger partial charge on any atom is -0.394 e. The largest absolute Gasteiger partial charge is 0.394 e. The summed E-state index contributed by atoms with van der Waals surface area (Å²) in [7, 11) is 0. The molecular weight excluding hydrogens is 620 g/mol. The van der Waals surface area contributed by atoms with Gasteiger partial charge in [0.2, 0.25) is 11.8 Å². The van der Waals surface area contributed by atoms with Crippen molar-refractivity contribution >= 4 is 11.8 Å². The van der Waals surface area contributed by atoms with Gasteiger partial charge in [0.15, 0.2) is 12.6 Å². The van der Waals surface area contributed by atoms with E-state index in [4.69, 9.17) is 37.9 Å². The standard InChI is InChI=1S/C28H52N2O16/c1-16(14-41-6-4-39-8-10-43-27-21(29-17(2)33)25(37)23(35)19(12-31)45-27)15-42-7-5-40-9-11-44-28-22(30-18(3)34)26(38)24(36)20(13-32)46-28/h16,19-28,31-32,35-38H,4-15H2,1-3H3,(H,29,33)(H,30,34)/t16?,19?,20?,21?,22?,23-,24-,25?,26?,27+,28+/m0/s1. The molecule has 2 aliphatic heterocycles. The molecule has 2 fully saturated rings. The van der Waals surface area contributed by atoms with Crippen molar-refractivity contribution in [3.8, 4) is 0 Å². The maximum Gasteiger partial charge on any atom is 0.217 e. The summed E-state index contributed by atoms with van der Waals surface area (Å²) >= 11 is 0.